The zero-order valence-corrected chi connectivity index (χ0v) is 23.3. The van der Waals surface area contributed by atoms with Crippen LogP contribution in [0.4, 0.5) is 5.69 Å². The maximum absolute atomic E-state index is 13.9. The van der Waals surface area contributed by atoms with E-state index in [4.69, 9.17) is 0 Å². The molecule has 0 aliphatic rings. The Morgan fingerprint density at radius 3 is 1.95 bits per heavy atom. The van der Waals surface area contributed by atoms with Crippen LogP contribution < -0.4 is 9.62 Å². The third-order valence-corrected chi connectivity index (χ3v) is 8.18. The lowest BCUT2D eigenvalue weighted by molar-refractivity contribution is -0.140. The summed E-state index contributed by atoms with van der Waals surface area (Å²) < 4.78 is 28.8. The van der Waals surface area contributed by atoms with Crippen molar-refractivity contribution in [2.24, 2.45) is 0 Å². The molecular formula is C30H37N3O4S. The van der Waals surface area contributed by atoms with Crippen molar-refractivity contribution in [2.45, 2.75) is 57.5 Å². The molecule has 3 rings (SSSR count). The second-order valence-corrected chi connectivity index (χ2v) is 11.3. The number of carbonyl (C=O) groups excluding carboxylic acids is 2. The molecular weight excluding hydrogens is 498 g/mol. The van der Waals surface area contributed by atoms with E-state index in [0.717, 1.165) is 15.4 Å². The van der Waals surface area contributed by atoms with Crippen molar-refractivity contribution in [1.29, 1.82) is 0 Å². The van der Waals surface area contributed by atoms with E-state index in [9.17, 15) is 18.0 Å². The molecule has 1 N–H and O–H groups in total. The molecule has 202 valence electrons. The average Bonchev–Trinajstić information content (AvgIpc) is 2.92. The van der Waals surface area contributed by atoms with Crippen LogP contribution in [0.5, 0.6) is 0 Å². The van der Waals surface area contributed by atoms with E-state index in [0.29, 0.717) is 18.7 Å². The molecule has 0 bridgehead atoms. The van der Waals surface area contributed by atoms with E-state index in [1.54, 1.807) is 30.3 Å². The third kappa shape index (κ3) is 7.01. The quantitative estimate of drug-likeness (QED) is 0.356. The Morgan fingerprint density at radius 2 is 1.42 bits per heavy atom. The first-order chi connectivity index (χ1) is 18.2. The molecule has 0 aliphatic carbocycles. The predicted octanol–water partition coefficient (Wildman–Crippen LogP) is 4.95. The largest absolute Gasteiger partial charge is 0.355 e. The van der Waals surface area contributed by atoms with E-state index in [1.807, 2.05) is 56.3 Å². The Hall–Kier alpha value is -3.65. The number of anilines is 1. The Kier molecular flexibility index (Phi) is 10.1. The van der Waals surface area contributed by atoms with Crippen molar-refractivity contribution in [1.82, 2.24) is 10.2 Å². The summed E-state index contributed by atoms with van der Waals surface area (Å²) in [5, 5.41) is 2.81. The van der Waals surface area contributed by atoms with Gasteiger partial charge in [-0.05, 0) is 54.7 Å². The van der Waals surface area contributed by atoms with Gasteiger partial charge in [0.15, 0.2) is 0 Å². The molecule has 0 aliphatic heterocycles. The molecule has 7 nitrogen and oxygen atoms in total. The maximum Gasteiger partial charge on any atom is 0.264 e. The first kappa shape index (κ1) is 28.9. The van der Waals surface area contributed by atoms with Gasteiger partial charge in [0.1, 0.15) is 12.6 Å². The number of benzene rings is 3. The first-order valence-corrected chi connectivity index (χ1v) is 14.4. The summed E-state index contributed by atoms with van der Waals surface area (Å²) in [5.41, 5.74) is 2.30. The second-order valence-electron chi connectivity index (χ2n) is 9.40. The lowest BCUT2D eigenvalue weighted by atomic mass is 10.0. The van der Waals surface area contributed by atoms with Crippen molar-refractivity contribution in [2.75, 3.05) is 17.4 Å². The van der Waals surface area contributed by atoms with Gasteiger partial charge in [0.05, 0.1) is 10.6 Å². The molecule has 0 fully saturated rings. The average molecular weight is 536 g/mol. The fourth-order valence-electron chi connectivity index (χ4n) is 4.27. The molecule has 1 atom stereocenters. The zero-order chi connectivity index (χ0) is 27.7. The molecule has 0 saturated heterocycles. The van der Waals surface area contributed by atoms with Crippen LogP contribution in [-0.4, -0.2) is 44.3 Å². The number of sulfonamides is 1. The van der Waals surface area contributed by atoms with Gasteiger partial charge >= 0.3 is 0 Å². The number of rotatable bonds is 12. The van der Waals surface area contributed by atoms with Crippen molar-refractivity contribution in [3.63, 3.8) is 0 Å². The Bertz CT molecular complexity index is 1290. The van der Waals surface area contributed by atoms with Crippen LogP contribution in [0.25, 0.3) is 0 Å². The molecule has 0 heterocycles. The van der Waals surface area contributed by atoms with Gasteiger partial charge in [-0.2, -0.15) is 0 Å². The van der Waals surface area contributed by atoms with E-state index >= 15 is 0 Å². The molecule has 0 spiro atoms. The summed E-state index contributed by atoms with van der Waals surface area (Å²) in [6.07, 6.45) is 0.388. The van der Waals surface area contributed by atoms with Crippen molar-refractivity contribution < 1.29 is 18.0 Å². The number of hydrogen-bond donors (Lipinski definition) is 1. The SMILES string of the molecule is CCNC(=O)[C@H](CC)N(Cc1ccccc1)C(=O)CN(c1ccc(C(C)C)cc1)S(=O)(=O)c1ccccc1. The molecule has 2 amide bonds. The maximum atomic E-state index is 13.9. The van der Waals surface area contributed by atoms with Crippen molar-refractivity contribution >= 4 is 27.5 Å². The van der Waals surface area contributed by atoms with Gasteiger partial charge in [-0.1, -0.05) is 81.4 Å². The van der Waals surface area contributed by atoms with Crippen LogP contribution in [0.15, 0.2) is 89.8 Å². The summed E-state index contributed by atoms with van der Waals surface area (Å²) in [6.45, 7) is 7.95. The molecule has 3 aromatic carbocycles. The van der Waals surface area contributed by atoms with Crippen LogP contribution in [0.1, 0.15) is 51.2 Å². The number of likely N-dealkylation sites (N-methyl/N-ethyl adjacent to an activating group) is 1. The van der Waals surface area contributed by atoms with Crippen LogP contribution in [0.2, 0.25) is 0 Å². The fraction of sp³-hybridized carbons (Fsp3) is 0.333. The highest BCUT2D eigenvalue weighted by Crippen LogP contribution is 2.26. The van der Waals surface area contributed by atoms with Crippen molar-refractivity contribution in [3.05, 3.63) is 96.1 Å². The minimum absolute atomic E-state index is 0.0890. The summed E-state index contributed by atoms with van der Waals surface area (Å²) in [5.74, 6) is -0.453. The van der Waals surface area contributed by atoms with Gasteiger partial charge < -0.3 is 10.2 Å². The van der Waals surface area contributed by atoms with Crippen LogP contribution >= 0.6 is 0 Å². The monoisotopic (exact) mass is 535 g/mol. The van der Waals surface area contributed by atoms with Gasteiger partial charge in [0.2, 0.25) is 11.8 Å². The summed E-state index contributed by atoms with van der Waals surface area (Å²) >= 11 is 0. The number of carbonyl (C=O) groups is 2. The summed E-state index contributed by atoms with van der Waals surface area (Å²) in [4.78, 5) is 28.5. The van der Waals surface area contributed by atoms with Gasteiger partial charge in [-0.3, -0.25) is 13.9 Å². The fourth-order valence-corrected chi connectivity index (χ4v) is 5.70. The zero-order valence-electron chi connectivity index (χ0n) is 22.5. The second kappa shape index (κ2) is 13.2. The predicted molar refractivity (Wildman–Crippen MR) is 151 cm³/mol. The topological polar surface area (TPSA) is 86.8 Å². The van der Waals surface area contributed by atoms with Crippen LogP contribution in [0.3, 0.4) is 0 Å². The van der Waals surface area contributed by atoms with Gasteiger partial charge in [0, 0.05) is 13.1 Å². The smallest absolute Gasteiger partial charge is 0.264 e. The summed E-state index contributed by atoms with van der Waals surface area (Å²) in [6, 6.07) is 23.9. The molecule has 0 unspecified atom stereocenters. The number of hydrogen-bond acceptors (Lipinski definition) is 4. The van der Waals surface area contributed by atoms with Crippen LogP contribution in [-0.2, 0) is 26.2 Å². The standard InChI is InChI=1S/C30H37N3O4S/c1-5-28(30(35)31-6-2)32(21-24-13-9-7-10-14-24)29(34)22-33(26-19-17-25(18-20-26)23(3)4)38(36,37)27-15-11-8-12-16-27/h7-20,23,28H,5-6,21-22H2,1-4H3,(H,31,35)/t28-/m0/s1. The minimum Gasteiger partial charge on any atom is -0.355 e. The van der Waals surface area contributed by atoms with E-state index in [1.165, 1.54) is 17.0 Å². The highest BCUT2D eigenvalue weighted by molar-refractivity contribution is 7.92. The summed E-state index contributed by atoms with van der Waals surface area (Å²) in [7, 11) is -4.07. The third-order valence-electron chi connectivity index (χ3n) is 6.39. The van der Waals surface area contributed by atoms with Gasteiger partial charge in [-0.25, -0.2) is 8.42 Å². The molecule has 0 radical (unpaired) electrons. The van der Waals surface area contributed by atoms with Crippen molar-refractivity contribution in [3.8, 4) is 0 Å². The lowest BCUT2D eigenvalue weighted by Gasteiger charge is -2.33. The molecule has 38 heavy (non-hydrogen) atoms. The number of nitrogens with one attached hydrogen (secondary N) is 1. The molecule has 3 aromatic rings. The van der Waals surface area contributed by atoms with E-state index < -0.39 is 28.5 Å². The Morgan fingerprint density at radius 1 is 0.842 bits per heavy atom. The molecule has 0 saturated carbocycles. The van der Waals surface area contributed by atoms with Gasteiger partial charge in [-0.15, -0.1) is 0 Å². The lowest BCUT2D eigenvalue weighted by Crippen LogP contribution is -2.52. The Labute approximate surface area is 226 Å². The highest BCUT2D eigenvalue weighted by atomic mass is 32.2. The minimum atomic E-state index is -4.07. The van der Waals surface area contributed by atoms with Crippen LogP contribution in [0, 0.1) is 0 Å². The van der Waals surface area contributed by atoms with E-state index in [2.05, 4.69) is 19.2 Å². The molecule has 0 aromatic heterocycles. The number of nitrogens with zero attached hydrogens (tertiary/aromatic N) is 2. The van der Waals surface area contributed by atoms with E-state index in [-0.39, 0.29) is 23.3 Å². The highest BCUT2D eigenvalue weighted by Gasteiger charge is 2.33. The van der Waals surface area contributed by atoms with Gasteiger partial charge in [0.25, 0.3) is 10.0 Å². The Balaban J connectivity index is 2.04. The first-order valence-electron chi connectivity index (χ1n) is 13.0. The normalized spacial score (nSPS) is 12.1. The number of amides is 2. The molecule has 8 heteroatoms.